The second-order valence-corrected chi connectivity index (χ2v) is 10.6. The summed E-state index contributed by atoms with van der Waals surface area (Å²) in [7, 11) is 0. The molecule has 0 fully saturated rings. The highest BCUT2D eigenvalue weighted by Crippen LogP contribution is 2.37. The Hall–Kier alpha value is -5.74. The first-order chi connectivity index (χ1) is 21.2. The number of nitrogens with zero attached hydrogens (tertiary/aromatic N) is 4. The fourth-order valence-electron chi connectivity index (χ4n) is 5.55. The maximum Gasteiger partial charge on any atom is 0.0273 e. The largest absolute Gasteiger partial charge is 0.265 e. The summed E-state index contributed by atoms with van der Waals surface area (Å²) >= 11 is 0. The number of aromatic nitrogens is 4. The van der Waals surface area contributed by atoms with Gasteiger partial charge in [0, 0.05) is 49.6 Å². The van der Waals surface area contributed by atoms with E-state index in [0.29, 0.717) is 0 Å². The smallest absolute Gasteiger partial charge is 0.0273 e. The van der Waals surface area contributed by atoms with Crippen LogP contribution >= 0.6 is 0 Å². The minimum absolute atomic E-state index is 1.13. The first kappa shape index (κ1) is 26.2. The van der Waals surface area contributed by atoms with Crippen LogP contribution in [0.1, 0.15) is 5.56 Å². The molecule has 0 bridgehead atoms. The molecule has 0 aliphatic heterocycles. The van der Waals surface area contributed by atoms with Crippen LogP contribution in [0.4, 0.5) is 0 Å². The Morgan fingerprint density at radius 3 is 0.674 bits per heavy atom. The number of benzene rings is 3. The zero-order chi connectivity index (χ0) is 29.0. The van der Waals surface area contributed by atoms with Crippen LogP contribution in [-0.4, -0.2) is 19.9 Å². The predicted octanol–water partition coefficient (Wildman–Crippen LogP) is 9.58. The Bertz CT molecular complexity index is 1750. The van der Waals surface area contributed by atoms with E-state index in [2.05, 4.69) is 130 Å². The Balaban J connectivity index is 1.40. The van der Waals surface area contributed by atoms with E-state index in [9.17, 15) is 0 Å². The third kappa shape index (κ3) is 5.72. The summed E-state index contributed by atoms with van der Waals surface area (Å²) in [5.41, 5.74) is 15.0. The number of hydrogen-bond donors (Lipinski definition) is 0. The van der Waals surface area contributed by atoms with Crippen molar-refractivity contribution in [2.45, 2.75) is 6.92 Å². The second-order valence-electron chi connectivity index (χ2n) is 10.6. The molecule has 4 heterocycles. The van der Waals surface area contributed by atoms with Gasteiger partial charge in [0.2, 0.25) is 0 Å². The summed E-state index contributed by atoms with van der Waals surface area (Å²) < 4.78 is 0. The molecule has 0 aliphatic carbocycles. The van der Waals surface area contributed by atoms with Gasteiger partial charge < -0.3 is 0 Å². The number of aryl methyl sites for hydroxylation is 1. The molecule has 7 rings (SSSR count). The van der Waals surface area contributed by atoms with Gasteiger partial charge in [0.15, 0.2) is 0 Å². The van der Waals surface area contributed by atoms with E-state index >= 15 is 0 Å². The molecular weight excluding hydrogens is 524 g/mol. The van der Waals surface area contributed by atoms with Crippen molar-refractivity contribution in [3.8, 4) is 66.8 Å². The molecule has 0 atom stereocenters. The van der Waals surface area contributed by atoms with Crippen molar-refractivity contribution in [3.05, 3.63) is 158 Å². The van der Waals surface area contributed by atoms with Crippen LogP contribution in [0.2, 0.25) is 0 Å². The Morgan fingerprint density at radius 2 is 0.442 bits per heavy atom. The number of pyridine rings is 4. The summed E-state index contributed by atoms with van der Waals surface area (Å²) in [5, 5.41) is 0. The van der Waals surface area contributed by atoms with E-state index < -0.39 is 0 Å². The molecule has 4 nitrogen and oxygen atoms in total. The van der Waals surface area contributed by atoms with Gasteiger partial charge in [-0.2, -0.15) is 0 Å². The first-order valence-corrected chi connectivity index (χ1v) is 14.2. The standard InChI is InChI=1S/C39H28N4/c1-27-18-32(38-23-34(28-2-10-40-11-3-28)21-35(24-38)29-4-12-41-13-5-29)20-33(19-27)39-25-36(30-6-14-42-15-7-30)22-37(26-39)31-8-16-43-17-9-31/h2-26H,1H3. The van der Waals surface area contributed by atoms with E-state index in [1.54, 1.807) is 0 Å². The lowest BCUT2D eigenvalue weighted by atomic mass is 9.90. The lowest BCUT2D eigenvalue weighted by molar-refractivity contribution is 1.32. The Kier molecular flexibility index (Phi) is 7.08. The molecule has 204 valence electrons. The van der Waals surface area contributed by atoms with Gasteiger partial charge in [0.05, 0.1) is 0 Å². The molecule has 7 aromatic rings. The predicted molar refractivity (Wildman–Crippen MR) is 175 cm³/mol. The quantitative estimate of drug-likeness (QED) is 0.206. The van der Waals surface area contributed by atoms with Crippen molar-refractivity contribution in [3.63, 3.8) is 0 Å². The van der Waals surface area contributed by atoms with Crippen LogP contribution in [0.25, 0.3) is 66.8 Å². The average molecular weight is 553 g/mol. The molecule has 4 aromatic heterocycles. The van der Waals surface area contributed by atoms with Gasteiger partial charge in [-0.05, 0) is 170 Å². The van der Waals surface area contributed by atoms with Gasteiger partial charge in [-0.25, -0.2) is 0 Å². The Labute approximate surface area is 251 Å². The van der Waals surface area contributed by atoms with Crippen molar-refractivity contribution in [2.75, 3.05) is 0 Å². The third-order valence-electron chi connectivity index (χ3n) is 7.66. The summed E-state index contributed by atoms with van der Waals surface area (Å²) in [6.07, 6.45) is 14.7. The van der Waals surface area contributed by atoms with Crippen molar-refractivity contribution in [1.29, 1.82) is 0 Å². The van der Waals surface area contributed by atoms with E-state index in [1.807, 2.05) is 49.6 Å². The molecule has 0 spiro atoms. The number of hydrogen-bond acceptors (Lipinski definition) is 4. The molecule has 0 saturated carbocycles. The summed E-state index contributed by atoms with van der Waals surface area (Å²) in [6.45, 7) is 2.17. The summed E-state index contributed by atoms with van der Waals surface area (Å²) in [5.74, 6) is 0. The molecule has 0 unspecified atom stereocenters. The molecule has 4 heteroatoms. The average Bonchev–Trinajstić information content (AvgIpc) is 3.09. The summed E-state index contributed by atoms with van der Waals surface area (Å²) in [4.78, 5) is 16.9. The molecule has 0 N–H and O–H groups in total. The SMILES string of the molecule is Cc1cc(-c2cc(-c3ccncc3)cc(-c3ccncc3)c2)cc(-c2cc(-c3ccncc3)cc(-c3ccncc3)c2)c1. The van der Waals surface area contributed by atoms with Crippen LogP contribution in [0.15, 0.2) is 153 Å². The minimum Gasteiger partial charge on any atom is -0.265 e. The summed E-state index contributed by atoms with van der Waals surface area (Å²) in [6, 6.07) is 36.9. The fourth-order valence-corrected chi connectivity index (χ4v) is 5.55. The highest BCUT2D eigenvalue weighted by molar-refractivity contribution is 5.85. The monoisotopic (exact) mass is 552 g/mol. The highest BCUT2D eigenvalue weighted by atomic mass is 14.6. The zero-order valence-electron chi connectivity index (χ0n) is 23.7. The van der Waals surface area contributed by atoms with Crippen LogP contribution in [-0.2, 0) is 0 Å². The second kappa shape index (κ2) is 11.6. The first-order valence-electron chi connectivity index (χ1n) is 14.2. The van der Waals surface area contributed by atoms with Crippen molar-refractivity contribution >= 4 is 0 Å². The van der Waals surface area contributed by atoms with E-state index in [4.69, 9.17) is 0 Å². The van der Waals surface area contributed by atoms with Gasteiger partial charge >= 0.3 is 0 Å². The molecule has 43 heavy (non-hydrogen) atoms. The van der Waals surface area contributed by atoms with E-state index in [1.165, 1.54) is 16.7 Å². The Morgan fingerprint density at radius 1 is 0.256 bits per heavy atom. The molecule has 0 aliphatic rings. The molecular formula is C39H28N4. The normalized spacial score (nSPS) is 10.9. The fraction of sp³-hybridized carbons (Fsp3) is 0.0256. The molecule has 0 amide bonds. The van der Waals surface area contributed by atoms with Gasteiger partial charge in [-0.3, -0.25) is 19.9 Å². The van der Waals surface area contributed by atoms with Crippen LogP contribution in [0.3, 0.4) is 0 Å². The van der Waals surface area contributed by atoms with Crippen molar-refractivity contribution in [2.24, 2.45) is 0 Å². The molecule has 0 radical (unpaired) electrons. The zero-order valence-corrected chi connectivity index (χ0v) is 23.7. The van der Waals surface area contributed by atoms with Crippen LogP contribution < -0.4 is 0 Å². The van der Waals surface area contributed by atoms with Gasteiger partial charge in [-0.1, -0.05) is 12.1 Å². The maximum absolute atomic E-state index is 4.23. The molecule has 0 saturated heterocycles. The van der Waals surface area contributed by atoms with Crippen molar-refractivity contribution < 1.29 is 0 Å². The van der Waals surface area contributed by atoms with Gasteiger partial charge in [0.1, 0.15) is 0 Å². The van der Waals surface area contributed by atoms with E-state index in [-0.39, 0.29) is 0 Å². The van der Waals surface area contributed by atoms with Crippen molar-refractivity contribution in [1.82, 2.24) is 19.9 Å². The van der Waals surface area contributed by atoms with Crippen LogP contribution in [0, 0.1) is 6.92 Å². The topological polar surface area (TPSA) is 51.6 Å². The van der Waals surface area contributed by atoms with E-state index in [0.717, 1.165) is 55.6 Å². The van der Waals surface area contributed by atoms with Gasteiger partial charge in [-0.15, -0.1) is 0 Å². The third-order valence-corrected chi connectivity index (χ3v) is 7.66. The lowest BCUT2D eigenvalue weighted by Gasteiger charge is -2.15. The maximum atomic E-state index is 4.23. The minimum atomic E-state index is 1.13. The lowest BCUT2D eigenvalue weighted by Crippen LogP contribution is -1.90. The van der Waals surface area contributed by atoms with Gasteiger partial charge in [0.25, 0.3) is 0 Å². The van der Waals surface area contributed by atoms with Crippen LogP contribution in [0.5, 0.6) is 0 Å². The molecule has 3 aromatic carbocycles. The highest BCUT2D eigenvalue weighted by Gasteiger charge is 2.12. The number of rotatable bonds is 6.